The van der Waals surface area contributed by atoms with Crippen LogP contribution in [0.5, 0.6) is 0 Å². The number of nitrogens with one attached hydrogen (secondary N) is 2. The van der Waals surface area contributed by atoms with Gasteiger partial charge in [-0.3, -0.25) is 9.59 Å². The zero-order chi connectivity index (χ0) is 28.3. The maximum Gasteiger partial charge on any atom is 0.408 e. The van der Waals surface area contributed by atoms with Crippen LogP contribution in [0.15, 0.2) is 60.7 Å². The Hall–Kier alpha value is -3.87. The number of carbonyl (C=O) groups excluding carboxylic acids is 3. The van der Waals surface area contributed by atoms with E-state index in [9.17, 15) is 14.4 Å². The molecule has 0 heterocycles. The molecule has 0 aliphatic rings. The van der Waals surface area contributed by atoms with Gasteiger partial charge in [0, 0.05) is 11.2 Å². The van der Waals surface area contributed by atoms with Crippen molar-refractivity contribution in [2.45, 2.75) is 72.6 Å². The molecule has 0 fully saturated rings. The molecule has 0 bridgehead atoms. The van der Waals surface area contributed by atoms with Gasteiger partial charge >= 0.3 is 6.09 Å². The Balaban J connectivity index is 2.00. The van der Waals surface area contributed by atoms with Crippen molar-refractivity contribution in [3.63, 3.8) is 0 Å². The Morgan fingerprint density at radius 1 is 0.868 bits per heavy atom. The summed E-state index contributed by atoms with van der Waals surface area (Å²) >= 11 is 0. The average Bonchev–Trinajstić information content (AvgIpc) is 2.81. The second-order valence-corrected chi connectivity index (χ2v) is 11.5. The highest BCUT2D eigenvalue weighted by Crippen LogP contribution is 2.33. The van der Waals surface area contributed by atoms with Crippen LogP contribution in [0.25, 0.3) is 10.8 Å². The SMILES string of the molecule is Cc1cccc(C(C(=O)Nc2ccc3ccccc3c2)N(C(=O)CNC(=O)OC(C)(C)C)C(C)(C)C)c1C. The molecule has 202 valence electrons. The molecule has 3 aromatic carbocycles. The van der Waals surface area contributed by atoms with Crippen LogP contribution in [-0.4, -0.2) is 40.5 Å². The lowest BCUT2D eigenvalue weighted by molar-refractivity contribution is -0.144. The van der Waals surface area contributed by atoms with Crippen molar-refractivity contribution < 1.29 is 19.1 Å². The van der Waals surface area contributed by atoms with Gasteiger partial charge in [-0.25, -0.2) is 4.79 Å². The number of hydrogen-bond acceptors (Lipinski definition) is 4. The van der Waals surface area contributed by atoms with Crippen molar-refractivity contribution in [1.29, 1.82) is 0 Å². The van der Waals surface area contributed by atoms with E-state index in [4.69, 9.17) is 4.74 Å². The Morgan fingerprint density at radius 2 is 1.53 bits per heavy atom. The number of aryl methyl sites for hydroxylation is 1. The van der Waals surface area contributed by atoms with Crippen molar-refractivity contribution in [2.75, 3.05) is 11.9 Å². The van der Waals surface area contributed by atoms with Crippen LogP contribution in [0.4, 0.5) is 10.5 Å². The molecule has 0 radical (unpaired) electrons. The molecule has 0 aliphatic carbocycles. The fourth-order valence-electron chi connectivity index (χ4n) is 4.40. The van der Waals surface area contributed by atoms with Crippen molar-refractivity contribution in [1.82, 2.24) is 10.2 Å². The fourth-order valence-corrected chi connectivity index (χ4v) is 4.40. The second-order valence-electron chi connectivity index (χ2n) is 11.5. The lowest BCUT2D eigenvalue weighted by atomic mass is 9.92. The summed E-state index contributed by atoms with van der Waals surface area (Å²) in [6, 6.07) is 18.4. The molecule has 0 saturated carbocycles. The monoisotopic (exact) mass is 517 g/mol. The normalized spacial score (nSPS) is 12.5. The number of benzene rings is 3. The van der Waals surface area contributed by atoms with Gasteiger partial charge in [-0.1, -0.05) is 48.5 Å². The summed E-state index contributed by atoms with van der Waals surface area (Å²) in [5, 5.41) is 7.65. The quantitative estimate of drug-likeness (QED) is 0.402. The Labute approximate surface area is 225 Å². The highest BCUT2D eigenvalue weighted by molar-refractivity contribution is 6.00. The molecule has 7 nitrogen and oxygen atoms in total. The van der Waals surface area contributed by atoms with Crippen LogP contribution in [0, 0.1) is 13.8 Å². The zero-order valence-electron chi connectivity index (χ0n) is 23.6. The standard InChI is InChI=1S/C31H39N3O4/c1-20-12-11-15-25(21(20)2)27(28(36)33-24-17-16-22-13-9-10-14-23(22)18-24)34(30(3,4)5)26(35)19-32-29(37)38-31(6,7)8/h9-18,27H,19H2,1-8H3,(H,32,37)(H,33,36). The van der Waals surface area contributed by atoms with Gasteiger partial charge in [0.2, 0.25) is 5.91 Å². The minimum Gasteiger partial charge on any atom is -0.444 e. The first-order valence-electron chi connectivity index (χ1n) is 12.8. The molecule has 7 heteroatoms. The Kier molecular flexibility index (Phi) is 8.50. The van der Waals surface area contributed by atoms with E-state index in [1.807, 2.05) is 95.3 Å². The van der Waals surface area contributed by atoms with Gasteiger partial charge < -0.3 is 20.3 Å². The number of amides is 3. The number of fused-ring (bicyclic) bond motifs is 1. The molecule has 0 spiro atoms. The van der Waals surface area contributed by atoms with Crippen LogP contribution in [0.1, 0.15) is 64.3 Å². The number of ether oxygens (including phenoxy) is 1. The molecule has 38 heavy (non-hydrogen) atoms. The minimum atomic E-state index is -0.936. The first-order chi connectivity index (χ1) is 17.7. The number of rotatable bonds is 6. The van der Waals surface area contributed by atoms with Crippen LogP contribution >= 0.6 is 0 Å². The molecule has 0 aliphatic heterocycles. The summed E-state index contributed by atoms with van der Waals surface area (Å²) in [5.74, 6) is -0.738. The van der Waals surface area contributed by atoms with Gasteiger partial charge in [-0.15, -0.1) is 0 Å². The maximum absolute atomic E-state index is 14.0. The molecular weight excluding hydrogens is 478 g/mol. The van der Waals surface area contributed by atoms with Gasteiger partial charge in [-0.05, 0) is 95.0 Å². The number of anilines is 1. The summed E-state index contributed by atoms with van der Waals surface area (Å²) in [7, 11) is 0. The molecule has 3 aromatic rings. The van der Waals surface area contributed by atoms with Crippen molar-refractivity contribution in [3.05, 3.63) is 77.4 Å². The van der Waals surface area contributed by atoms with Crippen molar-refractivity contribution >= 4 is 34.4 Å². The lowest BCUT2D eigenvalue weighted by Crippen LogP contribution is -2.54. The number of nitrogens with zero attached hydrogens (tertiary/aromatic N) is 1. The van der Waals surface area contributed by atoms with Crippen LogP contribution in [0.3, 0.4) is 0 Å². The third kappa shape index (κ3) is 7.12. The maximum atomic E-state index is 14.0. The minimum absolute atomic E-state index is 0.309. The van der Waals surface area contributed by atoms with Crippen LogP contribution in [0.2, 0.25) is 0 Å². The predicted octanol–water partition coefficient (Wildman–Crippen LogP) is 6.29. The molecule has 0 aromatic heterocycles. The van der Waals surface area contributed by atoms with Gasteiger partial charge in [-0.2, -0.15) is 0 Å². The van der Waals surface area contributed by atoms with Gasteiger partial charge in [0.15, 0.2) is 0 Å². The third-order valence-electron chi connectivity index (χ3n) is 6.24. The summed E-state index contributed by atoms with van der Waals surface area (Å²) in [6.45, 7) is 14.5. The van der Waals surface area contributed by atoms with Crippen LogP contribution in [-0.2, 0) is 14.3 Å². The molecular formula is C31H39N3O4. The molecule has 0 saturated heterocycles. The summed E-state index contributed by atoms with van der Waals surface area (Å²) in [5.41, 5.74) is 1.86. The van der Waals surface area contributed by atoms with Crippen molar-refractivity contribution in [2.24, 2.45) is 0 Å². The van der Waals surface area contributed by atoms with Gasteiger partial charge in [0.05, 0.1) is 0 Å². The second kappa shape index (κ2) is 11.3. The third-order valence-corrected chi connectivity index (χ3v) is 6.24. The van der Waals surface area contributed by atoms with E-state index in [1.54, 1.807) is 25.7 Å². The summed E-state index contributed by atoms with van der Waals surface area (Å²) < 4.78 is 5.29. The topological polar surface area (TPSA) is 87.7 Å². The van der Waals surface area contributed by atoms with Crippen LogP contribution < -0.4 is 10.6 Å². The first kappa shape index (κ1) is 28.7. The number of hydrogen-bond donors (Lipinski definition) is 2. The highest BCUT2D eigenvalue weighted by atomic mass is 16.6. The van der Waals surface area contributed by atoms with Gasteiger partial charge in [0.25, 0.3) is 5.91 Å². The number of carbonyl (C=O) groups is 3. The Morgan fingerprint density at radius 3 is 2.16 bits per heavy atom. The zero-order valence-corrected chi connectivity index (χ0v) is 23.6. The molecule has 1 unspecified atom stereocenters. The van der Waals surface area contributed by atoms with E-state index < -0.39 is 29.2 Å². The summed E-state index contributed by atoms with van der Waals surface area (Å²) in [6.07, 6.45) is -0.691. The van der Waals surface area contributed by atoms with E-state index >= 15 is 0 Å². The molecule has 2 N–H and O–H groups in total. The largest absolute Gasteiger partial charge is 0.444 e. The predicted molar refractivity (Wildman–Crippen MR) is 152 cm³/mol. The van der Waals surface area contributed by atoms with Gasteiger partial charge in [0.1, 0.15) is 18.2 Å². The number of alkyl carbamates (subject to hydrolysis) is 1. The molecule has 3 amide bonds. The highest BCUT2D eigenvalue weighted by Gasteiger charge is 2.39. The Bertz CT molecular complexity index is 1330. The molecule has 3 rings (SSSR count). The lowest BCUT2D eigenvalue weighted by Gasteiger charge is -2.42. The fraction of sp³-hybridized carbons (Fsp3) is 0.387. The van der Waals surface area contributed by atoms with E-state index in [1.165, 1.54) is 0 Å². The van der Waals surface area contributed by atoms with Crippen molar-refractivity contribution in [3.8, 4) is 0 Å². The smallest absolute Gasteiger partial charge is 0.408 e. The van der Waals surface area contributed by atoms with E-state index in [0.717, 1.165) is 27.5 Å². The average molecular weight is 518 g/mol. The summed E-state index contributed by atoms with van der Waals surface area (Å²) in [4.78, 5) is 41.5. The van der Waals surface area contributed by atoms with E-state index in [0.29, 0.717) is 5.69 Å². The van der Waals surface area contributed by atoms with E-state index in [-0.39, 0.29) is 12.5 Å². The first-order valence-corrected chi connectivity index (χ1v) is 12.8. The van der Waals surface area contributed by atoms with E-state index in [2.05, 4.69) is 10.6 Å². The molecule has 1 atom stereocenters.